The van der Waals surface area contributed by atoms with Crippen molar-refractivity contribution in [1.29, 1.82) is 0 Å². The van der Waals surface area contributed by atoms with Crippen LogP contribution in [0.2, 0.25) is 0 Å². The van der Waals surface area contributed by atoms with E-state index in [0.717, 1.165) is 31.8 Å². The van der Waals surface area contributed by atoms with E-state index in [-0.39, 0.29) is 6.61 Å². The molecule has 1 saturated heterocycles. The van der Waals surface area contributed by atoms with Crippen molar-refractivity contribution in [1.82, 2.24) is 4.90 Å². The summed E-state index contributed by atoms with van der Waals surface area (Å²) in [4.78, 5) is 3.85. The van der Waals surface area contributed by atoms with Gasteiger partial charge in [-0.05, 0) is 24.9 Å². The zero-order valence-corrected chi connectivity index (χ0v) is 12.2. The lowest BCUT2D eigenvalue weighted by Crippen LogP contribution is -2.20. The molecule has 19 heavy (non-hydrogen) atoms. The lowest BCUT2D eigenvalue weighted by Gasteiger charge is -2.14. The van der Waals surface area contributed by atoms with Crippen molar-refractivity contribution in [3.63, 3.8) is 0 Å². The summed E-state index contributed by atoms with van der Waals surface area (Å²) in [6, 6.07) is 2.17. The normalized spacial score (nSPS) is 19.4. The molecular formula is C15H21NO2S. The predicted molar refractivity (Wildman–Crippen MR) is 78.2 cm³/mol. The predicted octanol–water partition coefficient (Wildman–Crippen LogP) is 1.95. The summed E-state index contributed by atoms with van der Waals surface area (Å²) in [6.07, 6.45) is 1.79. The van der Waals surface area contributed by atoms with Gasteiger partial charge in [-0.15, -0.1) is 11.3 Å². The Bertz CT molecular complexity index is 446. The SMILES string of the molecule is COCC1CCN(Cc2cc(C#CCCO)cs2)C1. The third kappa shape index (κ3) is 4.63. The molecule has 3 nitrogen and oxygen atoms in total. The van der Waals surface area contributed by atoms with Gasteiger partial charge in [-0.1, -0.05) is 11.8 Å². The fourth-order valence-electron chi connectivity index (χ4n) is 2.40. The number of hydrogen-bond donors (Lipinski definition) is 1. The van der Waals surface area contributed by atoms with Crippen LogP contribution in [-0.4, -0.2) is 43.4 Å². The lowest BCUT2D eigenvalue weighted by molar-refractivity contribution is 0.153. The summed E-state index contributed by atoms with van der Waals surface area (Å²) in [5.41, 5.74) is 1.07. The molecule has 1 unspecified atom stereocenters. The Morgan fingerprint density at radius 2 is 2.47 bits per heavy atom. The third-order valence-electron chi connectivity index (χ3n) is 3.28. The number of aliphatic hydroxyl groups is 1. The van der Waals surface area contributed by atoms with Crippen LogP contribution in [0.5, 0.6) is 0 Å². The first kappa shape index (κ1) is 14.5. The molecule has 4 heteroatoms. The fourth-order valence-corrected chi connectivity index (χ4v) is 3.26. The Labute approximate surface area is 119 Å². The minimum atomic E-state index is 0.138. The molecule has 0 amide bonds. The Balaban J connectivity index is 1.82. The molecule has 1 aromatic heterocycles. The first-order valence-corrected chi connectivity index (χ1v) is 7.58. The highest BCUT2D eigenvalue weighted by Crippen LogP contribution is 2.22. The molecule has 104 valence electrons. The molecule has 0 spiro atoms. The van der Waals surface area contributed by atoms with E-state index < -0.39 is 0 Å². The van der Waals surface area contributed by atoms with Crippen LogP contribution >= 0.6 is 11.3 Å². The van der Waals surface area contributed by atoms with Gasteiger partial charge in [-0.25, -0.2) is 0 Å². The zero-order valence-electron chi connectivity index (χ0n) is 11.4. The van der Waals surface area contributed by atoms with Crippen LogP contribution in [0.15, 0.2) is 11.4 Å². The van der Waals surface area contributed by atoms with E-state index in [0.29, 0.717) is 12.3 Å². The van der Waals surface area contributed by atoms with Crippen LogP contribution < -0.4 is 0 Å². The van der Waals surface area contributed by atoms with Crippen molar-refractivity contribution in [3.05, 3.63) is 21.9 Å². The van der Waals surface area contributed by atoms with Gasteiger partial charge in [0.2, 0.25) is 0 Å². The van der Waals surface area contributed by atoms with Gasteiger partial charge in [0.15, 0.2) is 0 Å². The topological polar surface area (TPSA) is 32.7 Å². The molecule has 0 aromatic carbocycles. The minimum absolute atomic E-state index is 0.138. The molecule has 1 aromatic rings. The van der Waals surface area contributed by atoms with Gasteiger partial charge in [0.05, 0.1) is 13.2 Å². The molecule has 0 aliphatic carbocycles. The van der Waals surface area contributed by atoms with Gasteiger partial charge < -0.3 is 9.84 Å². The Morgan fingerprint density at radius 3 is 3.26 bits per heavy atom. The maximum Gasteiger partial charge on any atom is 0.0540 e. The molecule has 1 N–H and O–H groups in total. The summed E-state index contributed by atoms with van der Waals surface area (Å²) in [5.74, 6) is 6.73. The van der Waals surface area contributed by atoms with E-state index in [1.165, 1.54) is 11.3 Å². The maximum absolute atomic E-state index is 8.69. The summed E-state index contributed by atoms with van der Waals surface area (Å²) in [5, 5.41) is 10.8. The van der Waals surface area contributed by atoms with Crippen LogP contribution in [-0.2, 0) is 11.3 Å². The van der Waals surface area contributed by atoms with Crippen molar-refractivity contribution in [2.45, 2.75) is 19.4 Å². The smallest absolute Gasteiger partial charge is 0.0540 e. The minimum Gasteiger partial charge on any atom is -0.395 e. The van der Waals surface area contributed by atoms with Gasteiger partial charge in [0.1, 0.15) is 0 Å². The molecule has 1 aliphatic rings. The second-order valence-corrected chi connectivity index (χ2v) is 5.92. The maximum atomic E-state index is 8.69. The highest BCUT2D eigenvalue weighted by Gasteiger charge is 2.22. The van der Waals surface area contributed by atoms with Gasteiger partial charge in [0, 0.05) is 42.4 Å². The van der Waals surface area contributed by atoms with Crippen molar-refractivity contribution in [2.75, 3.05) is 33.4 Å². The number of aliphatic hydroxyl groups excluding tert-OH is 1. The number of ether oxygens (including phenoxy) is 1. The van der Waals surface area contributed by atoms with E-state index in [2.05, 4.69) is 28.2 Å². The first-order chi connectivity index (χ1) is 9.31. The van der Waals surface area contributed by atoms with Crippen LogP contribution in [0.1, 0.15) is 23.3 Å². The van der Waals surface area contributed by atoms with E-state index in [9.17, 15) is 0 Å². The van der Waals surface area contributed by atoms with Crippen molar-refractivity contribution >= 4 is 11.3 Å². The molecular weight excluding hydrogens is 258 g/mol. The van der Waals surface area contributed by atoms with Crippen LogP contribution in [0, 0.1) is 17.8 Å². The van der Waals surface area contributed by atoms with Gasteiger partial charge in [-0.3, -0.25) is 4.90 Å². The van der Waals surface area contributed by atoms with Crippen molar-refractivity contribution in [3.8, 4) is 11.8 Å². The Hall–Kier alpha value is -0.860. The van der Waals surface area contributed by atoms with Crippen molar-refractivity contribution < 1.29 is 9.84 Å². The van der Waals surface area contributed by atoms with Crippen molar-refractivity contribution in [2.24, 2.45) is 5.92 Å². The third-order valence-corrected chi connectivity index (χ3v) is 4.20. The molecule has 1 fully saturated rings. The van der Waals surface area contributed by atoms with Crippen LogP contribution in [0.3, 0.4) is 0 Å². The summed E-state index contributed by atoms with van der Waals surface area (Å²) < 4.78 is 5.22. The largest absolute Gasteiger partial charge is 0.395 e. The summed E-state index contributed by atoms with van der Waals surface area (Å²) in [7, 11) is 1.78. The summed E-state index contributed by atoms with van der Waals surface area (Å²) >= 11 is 1.77. The summed E-state index contributed by atoms with van der Waals surface area (Å²) in [6.45, 7) is 4.33. The highest BCUT2D eigenvalue weighted by atomic mass is 32.1. The number of thiophene rings is 1. The molecule has 2 rings (SSSR count). The van der Waals surface area contributed by atoms with Crippen LogP contribution in [0.25, 0.3) is 0 Å². The number of rotatable bonds is 5. The van der Waals surface area contributed by atoms with Gasteiger partial charge in [-0.2, -0.15) is 0 Å². The number of nitrogens with zero attached hydrogens (tertiary/aromatic N) is 1. The monoisotopic (exact) mass is 279 g/mol. The second kappa shape index (κ2) is 7.66. The Morgan fingerprint density at radius 1 is 1.58 bits per heavy atom. The van der Waals surface area contributed by atoms with Gasteiger partial charge >= 0.3 is 0 Å². The molecule has 0 saturated carbocycles. The fraction of sp³-hybridized carbons (Fsp3) is 0.600. The lowest BCUT2D eigenvalue weighted by atomic mass is 10.1. The Kier molecular flexibility index (Phi) is 5.87. The first-order valence-electron chi connectivity index (χ1n) is 6.70. The zero-order chi connectivity index (χ0) is 13.5. The van der Waals surface area contributed by atoms with Gasteiger partial charge in [0.25, 0.3) is 0 Å². The average Bonchev–Trinajstić information content (AvgIpc) is 3.01. The van der Waals surface area contributed by atoms with Crippen LogP contribution in [0.4, 0.5) is 0 Å². The molecule has 2 heterocycles. The number of likely N-dealkylation sites (tertiary alicyclic amines) is 1. The quantitative estimate of drug-likeness (QED) is 0.836. The molecule has 0 bridgehead atoms. The second-order valence-electron chi connectivity index (χ2n) is 4.92. The van der Waals surface area contributed by atoms with E-state index in [4.69, 9.17) is 9.84 Å². The molecule has 0 radical (unpaired) electrons. The average molecular weight is 279 g/mol. The highest BCUT2D eigenvalue weighted by molar-refractivity contribution is 7.10. The number of hydrogen-bond acceptors (Lipinski definition) is 4. The van der Waals surface area contributed by atoms with E-state index in [1.54, 1.807) is 18.4 Å². The standard InChI is InChI=1S/C15H21NO2S/c1-18-11-14-5-6-16(9-14)10-15-8-13(12-19-15)4-2-3-7-17/h8,12,14,17H,3,5-7,9-11H2,1H3. The van der Waals surface area contributed by atoms with E-state index >= 15 is 0 Å². The molecule has 1 aliphatic heterocycles. The number of methoxy groups -OCH3 is 1. The van der Waals surface area contributed by atoms with E-state index in [1.807, 2.05) is 0 Å². The molecule has 1 atom stereocenters.